The average molecular weight is 187 g/mol. The minimum Gasteiger partial charge on any atom is -0.378 e. The van der Waals surface area contributed by atoms with Crippen molar-refractivity contribution in [3.8, 4) is 0 Å². The molecule has 1 heteroatoms. The van der Waals surface area contributed by atoms with Crippen LogP contribution in [0.15, 0.2) is 31.4 Å². The number of allylic oxidation sites excluding steroid dienone is 1. The highest BCUT2D eigenvalue weighted by Gasteiger charge is 2.02. The Balaban J connectivity index is 3.27. The van der Waals surface area contributed by atoms with Crippen LogP contribution < -0.4 is 4.90 Å². The van der Waals surface area contributed by atoms with Crippen LogP contribution in [0.1, 0.15) is 18.1 Å². The van der Waals surface area contributed by atoms with Gasteiger partial charge in [0.15, 0.2) is 0 Å². The van der Waals surface area contributed by atoms with Crippen LogP contribution >= 0.6 is 0 Å². The highest BCUT2D eigenvalue weighted by molar-refractivity contribution is 5.74. The third-order valence-electron chi connectivity index (χ3n) is 2.23. The Kier molecular flexibility index (Phi) is 3.13. The molecule has 0 N–H and O–H groups in total. The number of anilines is 1. The summed E-state index contributed by atoms with van der Waals surface area (Å²) in [7, 11) is 4.07. The van der Waals surface area contributed by atoms with Gasteiger partial charge in [-0.2, -0.15) is 0 Å². The standard InChI is InChI=1S/C13H17N/c1-6-11-7-8-12(14(4)5)9-13(11)10(2)3/h6-9H,1-2H2,3-5H3. The van der Waals surface area contributed by atoms with E-state index in [4.69, 9.17) is 0 Å². The van der Waals surface area contributed by atoms with E-state index in [1.807, 2.05) is 27.1 Å². The van der Waals surface area contributed by atoms with Crippen molar-refractivity contribution >= 4 is 17.3 Å². The van der Waals surface area contributed by atoms with Crippen molar-refractivity contribution in [2.45, 2.75) is 6.92 Å². The molecule has 0 saturated carbocycles. The monoisotopic (exact) mass is 187 g/mol. The second-order valence-electron chi connectivity index (χ2n) is 3.65. The van der Waals surface area contributed by atoms with Crippen molar-refractivity contribution in [2.75, 3.05) is 19.0 Å². The number of nitrogens with zero attached hydrogens (tertiary/aromatic N) is 1. The Morgan fingerprint density at radius 2 is 2.00 bits per heavy atom. The fourth-order valence-electron chi connectivity index (χ4n) is 1.37. The summed E-state index contributed by atoms with van der Waals surface area (Å²) in [6.45, 7) is 9.78. The summed E-state index contributed by atoms with van der Waals surface area (Å²) in [4.78, 5) is 2.08. The molecular formula is C13H17N. The maximum Gasteiger partial charge on any atom is 0.0367 e. The fraction of sp³-hybridized carbons (Fsp3) is 0.231. The van der Waals surface area contributed by atoms with Gasteiger partial charge in [0, 0.05) is 19.8 Å². The van der Waals surface area contributed by atoms with E-state index in [0.717, 1.165) is 11.1 Å². The lowest BCUT2D eigenvalue weighted by atomic mass is 10.0. The molecule has 0 aliphatic carbocycles. The van der Waals surface area contributed by atoms with Crippen LogP contribution in [0.4, 0.5) is 5.69 Å². The minimum atomic E-state index is 1.07. The lowest BCUT2D eigenvalue weighted by Gasteiger charge is -2.15. The first kappa shape index (κ1) is 10.6. The van der Waals surface area contributed by atoms with Gasteiger partial charge < -0.3 is 4.90 Å². The summed E-state index contributed by atoms with van der Waals surface area (Å²) in [5.74, 6) is 0. The van der Waals surface area contributed by atoms with Gasteiger partial charge in [-0.15, -0.1) is 0 Å². The van der Waals surface area contributed by atoms with E-state index in [2.05, 4.69) is 36.3 Å². The first-order chi connectivity index (χ1) is 6.56. The highest BCUT2D eigenvalue weighted by Crippen LogP contribution is 2.23. The van der Waals surface area contributed by atoms with Crippen LogP contribution in [0.2, 0.25) is 0 Å². The van der Waals surface area contributed by atoms with E-state index < -0.39 is 0 Å². The third kappa shape index (κ3) is 2.05. The molecule has 14 heavy (non-hydrogen) atoms. The molecule has 1 rings (SSSR count). The molecule has 0 radical (unpaired) electrons. The highest BCUT2D eigenvalue weighted by atomic mass is 15.1. The number of rotatable bonds is 3. The molecule has 0 unspecified atom stereocenters. The van der Waals surface area contributed by atoms with E-state index in [9.17, 15) is 0 Å². The van der Waals surface area contributed by atoms with Gasteiger partial charge in [0.2, 0.25) is 0 Å². The summed E-state index contributed by atoms with van der Waals surface area (Å²) in [5.41, 5.74) is 4.58. The zero-order valence-corrected chi connectivity index (χ0v) is 9.17. The molecule has 1 aromatic rings. The summed E-state index contributed by atoms with van der Waals surface area (Å²) in [5, 5.41) is 0. The van der Waals surface area contributed by atoms with Gasteiger partial charge >= 0.3 is 0 Å². The van der Waals surface area contributed by atoms with E-state index in [1.54, 1.807) is 0 Å². The van der Waals surface area contributed by atoms with Gasteiger partial charge in [0.25, 0.3) is 0 Å². The molecule has 0 amide bonds. The number of benzene rings is 1. The molecular weight excluding hydrogens is 170 g/mol. The zero-order chi connectivity index (χ0) is 10.7. The molecule has 0 aliphatic rings. The zero-order valence-electron chi connectivity index (χ0n) is 9.17. The predicted octanol–water partition coefficient (Wildman–Crippen LogP) is 3.43. The van der Waals surface area contributed by atoms with Gasteiger partial charge in [-0.25, -0.2) is 0 Å². The number of hydrogen-bond donors (Lipinski definition) is 0. The van der Waals surface area contributed by atoms with E-state index in [0.29, 0.717) is 0 Å². The Bertz CT molecular complexity index is 361. The van der Waals surface area contributed by atoms with E-state index in [-0.39, 0.29) is 0 Å². The largest absolute Gasteiger partial charge is 0.378 e. The van der Waals surface area contributed by atoms with Crippen LogP contribution in [0, 0.1) is 0 Å². The average Bonchev–Trinajstić information content (AvgIpc) is 2.16. The molecule has 0 aromatic heterocycles. The van der Waals surface area contributed by atoms with Crippen molar-refractivity contribution in [2.24, 2.45) is 0 Å². The van der Waals surface area contributed by atoms with Gasteiger partial charge in [-0.3, -0.25) is 0 Å². The lowest BCUT2D eigenvalue weighted by molar-refractivity contribution is 1.13. The van der Waals surface area contributed by atoms with Gasteiger partial charge in [0.05, 0.1) is 0 Å². The molecule has 1 nitrogen and oxygen atoms in total. The van der Waals surface area contributed by atoms with E-state index in [1.165, 1.54) is 11.3 Å². The Morgan fingerprint density at radius 3 is 2.43 bits per heavy atom. The molecule has 1 aromatic carbocycles. The lowest BCUT2D eigenvalue weighted by Crippen LogP contribution is -2.08. The van der Waals surface area contributed by atoms with Crippen molar-refractivity contribution in [3.63, 3.8) is 0 Å². The Labute approximate surface area is 86.4 Å². The molecule has 74 valence electrons. The van der Waals surface area contributed by atoms with Crippen LogP contribution in [-0.4, -0.2) is 14.1 Å². The first-order valence-electron chi connectivity index (χ1n) is 4.66. The van der Waals surface area contributed by atoms with Crippen LogP contribution in [0.5, 0.6) is 0 Å². The first-order valence-corrected chi connectivity index (χ1v) is 4.66. The molecule has 0 saturated heterocycles. The van der Waals surface area contributed by atoms with E-state index >= 15 is 0 Å². The molecule has 0 atom stereocenters. The van der Waals surface area contributed by atoms with Gasteiger partial charge in [0.1, 0.15) is 0 Å². The fourth-order valence-corrected chi connectivity index (χ4v) is 1.37. The minimum absolute atomic E-state index is 1.07. The summed E-state index contributed by atoms with van der Waals surface area (Å²) in [6, 6.07) is 6.30. The van der Waals surface area contributed by atoms with Crippen molar-refractivity contribution in [1.82, 2.24) is 0 Å². The second-order valence-corrected chi connectivity index (χ2v) is 3.65. The maximum atomic E-state index is 3.97. The van der Waals surface area contributed by atoms with Gasteiger partial charge in [-0.1, -0.05) is 30.9 Å². The molecule has 0 fully saturated rings. The second kappa shape index (κ2) is 4.14. The molecule has 0 bridgehead atoms. The van der Waals surface area contributed by atoms with Crippen LogP contribution in [0.3, 0.4) is 0 Å². The van der Waals surface area contributed by atoms with Crippen molar-refractivity contribution in [1.29, 1.82) is 0 Å². The maximum absolute atomic E-state index is 3.97. The molecule has 0 spiro atoms. The van der Waals surface area contributed by atoms with Crippen molar-refractivity contribution < 1.29 is 0 Å². The summed E-state index contributed by atoms with van der Waals surface area (Å²) < 4.78 is 0. The summed E-state index contributed by atoms with van der Waals surface area (Å²) in [6.07, 6.45) is 1.86. The van der Waals surface area contributed by atoms with Crippen LogP contribution in [-0.2, 0) is 0 Å². The smallest absolute Gasteiger partial charge is 0.0367 e. The summed E-state index contributed by atoms with van der Waals surface area (Å²) >= 11 is 0. The Morgan fingerprint density at radius 1 is 1.36 bits per heavy atom. The third-order valence-corrected chi connectivity index (χ3v) is 2.23. The SMILES string of the molecule is C=Cc1ccc(N(C)C)cc1C(=C)C. The van der Waals surface area contributed by atoms with Crippen molar-refractivity contribution in [3.05, 3.63) is 42.5 Å². The Hall–Kier alpha value is -1.50. The quantitative estimate of drug-likeness (QED) is 0.700. The normalized spacial score (nSPS) is 9.64. The molecule has 0 heterocycles. The van der Waals surface area contributed by atoms with Gasteiger partial charge in [-0.05, 0) is 30.2 Å². The van der Waals surface area contributed by atoms with Crippen LogP contribution in [0.25, 0.3) is 11.6 Å². The topological polar surface area (TPSA) is 3.24 Å². The number of hydrogen-bond acceptors (Lipinski definition) is 1. The molecule has 0 aliphatic heterocycles. The predicted molar refractivity (Wildman–Crippen MR) is 65.6 cm³/mol.